The van der Waals surface area contributed by atoms with Crippen LogP contribution in [0.1, 0.15) is 0 Å². The van der Waals surface area contributed by atoms with Gasteiger partial charge in [0.05, 0.1) is 11.4 Å². The molecule has 0 spiro atoms. The Morgan fingerprint density at radius 1 is 0.800 bits per heavy atom. The largest absolute Gasteiger partial charge is 0.254 e. The second-order valence-corrected chi connectivity index (χ2v) is 4.71. The van der Waals surface area contributed by atoms with Crippen LogP contribution in [0, 0.1) is 6.07 Å². The van der Waals surface area contributed by atoms with Crippen LogP contribution in [0.15, 0.2) is 67.0 Å². The zero-order valence-electron chi connectivity index (χ0n) is 10.7. The molecule has 0 fully saturated rings. The third-order valence-electron chi connectivity index (χ3n) is 3.47. The lowest BCUT2D eigenvalue weighted by molar-refractivity contribution is 1.28. The molecule has 2 heterocycles. The average molecular weight is 255 g/mol. The minimum absolute atomic E-state index is 0.897. The molecule has 2 nitrogen and oxygen atoms in total. The Labute approximate surface area is 116 Å². The normalized spacial score (nSPS) is 11.0. The van der Waals surface area contributed by atoms with Crippen LogP contribution < -0.4 is 0 Å². The van der Waals surface area contributed by atoms with Crippen molar-refractivity contribution in [2.75, 3.05) is 0 Å². The SMILES string of the molecule is [c]1cnc(-c2cc3ccccc3cn2)c2ccccc12. The van der Waals surface area contributed by atoms with E-state index in [4.69, 9.17) is 0 Å². The average Bonchev–Trinajstić information content (AvgIpc) is 2.54. The fraction of sp³-hybridized carbons (Fsp3) is 0. The molecule has 0 saturated carbocycles. The summed E-state index contributed by atoms with van der Waals surface area (Å²) in [5.41, 5.74) is 1.80. The third-order valence-corrected chi connectivity index (χ3v) is 3.47. The molecule has 0 aliphatic rings. The molecule has 0 amide bonds. The predicted octanol–water partition coefficient (Wildman–Crippen LogP) is 4.25. The Hall–Kier alpha value is -2.74. The quantitative estimate of drug-likeness (QED) is 0.508. The first-order chi connectivity index (χ1) is 9.92. The van der Waals surface area contributed by atoms with Crippen LogP contribution in [0.25, 0.3) is 32.9 Å². The molecule has 93 valence electrons. The summed E-state index contributed by atoms with van der Waals surface area (Å²) in [6, 6.07) is 21.6. The lowest BCUT2D eigenvalue weighted by Gasteiger charge is -2.06. The summed E-state index contributed by atoms with van der Waals surface area (Å²) in [5.74, 6) is 0. The van der Waals surface area contributed by atoms with Gasteiger partial charge in [-0.05, 0) is 16.8 Å². The number of hydrogen-bond acceptors (Lipinski definition) is 2. The monoisotopic (exact) mass is 255 g/mol. The summed E-state index contributed by atoms with van der Waals surface area (Å²) >= 11 is 0. The van der Waals surface area contributed by atoms with E-state index < -0.39 is 0 Å². The van der Waals surface area contributed by atoms with E-state index >= 15 is 0 Å². The summed E-state index contributed by atoms with van der Waals surface area (Å²) < 4.78 is 0. The van der Waals surface area contributed by atoms with E-state index in [9.17, 15) is 0 Å². The van der Waals surface area contributed by atoms with Gasteiger partial charge in [-0.1, -0.05) is 48.5 Å². The van der Waals surface area contributed by atoms with E-state index in [-0.39, 0.29) is 0 Å². The van der Waals surface area contributed by atoms with Gasteiger partial charge in [0.25, 0.3) is 0 Å². The van der Waals surface area contributed by atoms with Crippen molar-refractivity contribution in [1.29, 1.82) is 0 Å². The Morgan fingerprint density at radius 3 is 2.55 bits per heavy atom. The van der Waals surface area contributed by atoms with E-state index in [0.717, 1.165) is 27.5 Å². The Morgan fingerprint density at radius 2 is 1.60 bits per heavy atom. The maximum absolute atomic E-state index is 4.55. The molecule has 2 aromatic carbocycles. The number of fused-ring (bicyclic) bond motifs is 2. The van der Waals surface area contributed by atoms with Crippen molar-refractivity contribution >= 4 is 21.5 Å². The van der Waals surface area contributed by atoms with Gasteiger partial charge < -0.3 is 0 Å². The molecule has 0 unspecified atom stereocenters. The van der Waals surface area contributed by atoms with Gasteiger partial charge in [-0.3, -0.25) is 9.97 Å². The number of benzene rings is 2. The van der Waals surface area contributed by atoms with E-state index in [1.807, 2.05) is 36.5 Å². The zero-order chi connectivity index (χ0) is 13.4. The highest BCUT2D eigenvalue weighted by Crippen LogP contribution is 2.26. The van der Waals surface area contributed by atoms with Gasteiger partial charge in [-0.2, -0.15) is 0 Å². The highest BCUT2D eigenvalue weighted by Gasteiger charge is 2.07. The molecule has 0 saturated heterocycles. The first-order valence-corrected chi connectivity index (χ1v) is 6.52. The molecule has 1 radical (unpaired) electrons. The Balaban J connectivity index is 2.01. The van der Waals surface area contributed by atoms with Crippen molar-refractivity contribution in [1.82, 2.24) is 9.97 Å². The molecule has 4 rings (SSSR count). The summed E-state index contributed by atoms with van der Waals surface area (Å²) in [6.07, 6.45) is 3.62. The standard InChI is InChI=1S/C18H11N2/c1-2-7-15-12-20-17(11-14(15)6-1)18-16-8-4-3-5-13(16)9-10-19-18/h1-8,10-12H. The van der Waals surface area contributed by atoms with Crippen molar-refractivity contribution in [3.63, 3.8) is 0 Å². The van der Waals surface area contributed by atoms with Crippen molar-refractivity contribution in [3.05, 3.63) is 73.1 Å². The number of nitrogens with zero attached hydrogens (tertiary/aromatic N) is 2. The lowest BCUT2D eigenvalue weighted by Crippen LogP contribution is -1.89. The zero-order valence-corrected chi connectivity index (χ0v) is 10.7. The minimum Gasteiger partial charge on any atom is -0.254 e. The van der Waals surface area contributed by atoms with Gasteiger partial charge in [0, 0.05) is 29.2 Å². The predicted molar refractivity (Wildman–Crippen MR) is 81.3 cm³/mol. The second-order valence-electron chi connectivity index (χ2n) is 4.71. The van der Waals surface area contributed by atoms with E-state index in [0.29, 0.717) is 0 Å². The van der Waals surface area contributed by atoms with Crippen LogP contribution in [-0.2, 0) is 0 Å². The van der Waals surface area contributed by atoms with Crippen molar-refractivity contribution in [2.45, 2.75) is 0 Å². The summed E-state index contributed by atoms with van der Waals surface area (Å²) in [7, 11) is 0. The molecule has 0 aliphatic heterocycles. The first kappa shape index (κ1) is 11.1. The fourth-order valence-electron chi connectivity index (χ4n) is 2.47. The third kappa shape index (κ3) is 1.74. The Bertz CT molecular complexity index is 908. The van der Waals surface area contributed by atoms with Gasteiger partial charge in [-0.15, -0.1) is 0 Å². The van der Waals surface area contributed by atoms with E-state index in [1.54, 1.807) is 6.20 Å². The maximum Gasteiger partial charge on any atom is 0.0965 e. The molecule has 20 heavy (non-hydrogen) atoms. The highest BCUT2D eigenvalue weighted by atomic mass is 14.8. The molecule has 0 bridgehead atoms. The van der Waals surface area contributed by atoms with Gasteiger partial charge >= 0.3 is 0 Å². The highest BCUT2D eigenvalue weighted by molar-refractivity contribution is 5.95. The number of pyridine rings is 2. The van der Waals surface area contributed by atoms with E-state index in [1.165, 1.54) is 5.39 Å². The Kier molecular flexibility index (Phi) is 2.46. The fourth-order valence-corrected chi connectivity index (χ4v) is 2.47. The topological polar surface area (TPSA) is 25.8 Å². The second kappa shape index (κ2) is 4.42. The summed E-state index contributed by atoms with van der Waals surface area (Å²) in [5, 5.41) is 4.46. The molecule has 0 N–H and O–H groups in total. The van der Waals surface area contributed by atoms with Crippen LogP contribution in [0.3, 0.4) is 0 Å². The molecule has 0 aliphatic carbocycles. The van der Waals surface area contributed by atoms with Gasteiger partial charge in [0.1, 0.15) is 0 Å². The number of rotatable bonds is 1. The van der Waals surface area contributed by atoms with Crippen LogP contribution in [-0.4, -0.2) is 9.97 Å². The minimum atomic E-state index is 0.897. The lowest BCUT2D eigenvalue weighted by atomic mass is 10.1. The molecule has 0 atom stereocenters. The van der Waals surface area contributed by atoms with Crippen LogP contribution in [0.2, 0.25) is 0 Å². The van der Waals surface area contributed by atoms with Crippen molar-refractivity contribution < 1.29 is 0 Å². The number of aromatic nitrogens is 2. The number of hydrogen-bond donors (Lipinski definition) is 0. The van der Waals surface area contributed by atoms with E-state index in [2.05, 4.69) is 40.3 Å². The molecule has 2 heteroatoms. The van der Waals surface area contributed by atoms with Crippen LogP contribution in [0.5, 0.6) is 0 Å². The molecule has 4 aromatic rings. The first-order valence-electron chi connectivity index (χ1n) is 6.52. The van der Waals surface area contributed by atoms with Crippen molar-refractivity contribution in [3.8, 4) is 11.4 Å². The summed E-state index contributed by atoms with van der Waals surface area (Å²) in [4.78, 5) is 9.02. The van der Waals surface area contributed by atoms with Gasteiger partial charge in [-0.25, -0.2) is 0 Å². The maximum atomic E-state index is 4.55. The van der Waals surface area contributed by atoms with Gasteiger partial charge in [0.2, 0.25) is 0 Å². The van der Waals surface area contributed by atoms with Crippen LogP contribution in [0.4, 0.5) is 0 Å². The van der Waals surface area contributed by atoms with Gasteiger partial charge in [0.15, 0.2) is 0 Å². The smallest absolute Gasteiger partial charge is 0.0965 e. The molecular weight excluding hydrogens is 244 g/mol. The van der Waals surface area contributed by atoms with Crippen LogP contribution >= 0.6 is 0 Å². The molecular formula is C18H11N2. The molecule has 2 aromatic heterocycles. The van der Waals surface area contributed by atoms with Crippen molar-refractivity contribution in [2.24, 2.45) is 0 Å². The summed E-state index contributed by atoms with van der Waals surface area (Å²) in [6.45, 7) is 0.